The van der Waals surface area contributed by atoms with Crippen molar-refractivity contribution >= 4 is 27.6 Å². The number of carbonyl (C=O) groups excluding carboxylic acids is 2. The number of aryl methyl sites for hydroxylation is 2. The highest BCUT2D eigenvalue weighted by atomic mass is 32.2. The van der Waals surface area contributed by atoms with Crippen molar-refractivity contribution in [2.45, 2.75) is 38.7 Å². The zero-order valence-corrected chi connectivity index (χ0v) is 21.1. The summed E-state index contributed by atoms with van der Waals surface area (Å²) in [5, 5.41) is 2.85. The fraction of sp³-hybridized carbons (Fsp3) is 0.259. The number of benzene rings is 3. The molecule has 0 heterocycles. The van der Waals surface area contributed by atoms with Gasteiger partial charge in [0.15, 0.2) is 0 Å². The molecule has 0 fully saturated rings. The highest BCUT2D eigenvalue weighted by Gasteiger charge is 2.28. The van der Waals surface area contributed by atoms with Gasteiger partial charge in [-0.25, -0.2) is 13.2 Å². The molecule has 3 rings (SSSR count). The predicted octanol–water partition coefficient (Wildman–Crippen LogP) is 4.87. The Morgan fingerprint density at radius 3 is 2.26 bits per heavy atom. The molecule has 3 aromatic rings. The van der Waals surface area contributed by atoms with Gasteiger partial charge in [0.1, 0.15) is 0 Å². The largest absolute Gasteiger partial charge is 0.444 e. The zero-order chi connectivity index (χ0) is 25.6. The number of carbonyl (C=O) groups is 2. The number of sulfonamides is 1. The Morgan fingerprint density at radius 1 is 0.914 bits per heavy atom. The maximum atomic E-state index is 13.2. The molecule has 0 saturated heterocycles. The van der Waals surface area contributed by atoms with Gasteiger partial charge >= 0.3 is 5.97 Å². The van der Waals surface area contributed by atoms with Gasteiger partial charge in [0.05, 0.1) is 10.5 Å². The number of nitrogens with one attached hydrogen (secondary N) is 1. The number of esters is 1. The lowest BCUT2D eigenvalue weighted by atomic mass is 10.1. The molecule has 184 valence electrons. The minimum Gasteiger partial charge on any atom is -0.444 e. The fourth-order valence-electron chi connectivity index (χ4n) is 3.64. The molecule has 0 spiro atoms. The van der Waals surface area contributed by atoms with Crippen LogP contribution in [0, 0.1) is 13.8 Å². The molecule has 0 aromatic heterocycles. The Bertz CT molecular complexity index is 1300. The molecule has 8 heteroatoms. The Kier molecular flexibility index (Phi) is 8.43. The van der Waals surface area contributed by atoms with Crippen molar-refractivity contribution in [3.63, 3.8) is 0 Å². The van der Waals surface area contributed by atoms with Gasteiger partial charge in [-0.2, -0.15) is 4.31 Å². The first kappa shape index (κ1) is 26.1. The molecule has 1 N–H and O–H groups in total. The molecule has 7 nitrogen and oxygen atoms in total. The molecule has 0 aliphatic heterocycles. The Hall–Kier alpha value is -3.49. The average Bonchev–Trinajstić information content (AvgIpc) is 2.85. The fourth-order valence-corrected chi connectivity index (χ4v) is 5.15. The van der Waals surface area contributed by atoms with Crippen LogP contribution >= 0.6 is 0 Å². The van der Waals surface area contributed by atoms with E-state index in [0.717, 1.165) is 11.1 Å². The molecule has 0 bridgehead atoms. The van der Waals surface area contributed by atoms with Crippen LogP contribution in [0.2, 0.25) is 0 Å². The monoisotopic (exact) mass is 494 g/mol. The van der Waals surface area contributed by atoms with Crippen LogP contribution < -0.4 is 5.32 Å². The molecule has 1 amide bonds. The lowest BCUT2D eigenvalue weighted by Crippen LogP contribution is -2.30. The maximum absolute atomic E-state index is 13.2. The van der Waals surface area contributed by atoms with E-state index >= 15 is 0 Å². The summed E-state index contributed by atoms with van der Waals surface area (Å²) in [6, 6.07) is 20.0. The first-order valence-electron chi connectivity index (χ1n) is 11.4. The van der Waals surface area contributed by atoms with E-state index in [1.54, 1.807) is 44.2 Å². The molecule has 0 saturated carbocycles. The van der Waals surface area contributed by atoms with E-state index in [9.17, 15) is 18.0 Å². The van der Waals surface area contributed by atoms with Crippen molar-refractivity contribution in [1.29, 1.82) is 0 Å². The van der Waals surface area contributed by atoms with E-state index in [2.05, 4.69) is 5.32 Å². The Balaban J connectivity index is 1.91. The van der Waals surface area contributed by atoms with Crippen molar-refractivity contribution in [1.82, 2.24) is 4.31 Å². The Labute approximate surface area is 206 Å². The highest BCUT2D eigenvalue weighted by molar-refractivity contribution is 7.89. The standard InChI is InChI=1S/C27H30N2O5S/c1-5-29(6-2)35(32,33)23-14-10-13-22(18-23)27(31)34-25(21-11-8-7-9-12-21)26(30)28-24-17-19(3)15-16-20(24)4/h7-18,25H,5-6H2,1-4H3,(H,28,30). The van der Waals surface area contributed by atoms with Gasteiger partial charge in [0.2, 0.25) is 16.1 Å². The van der Waals surface area contributed by atoms with E-state index in [-0.39, 0.29) is 10.5 Å². The molecule has 35 heavy (non-hydrogen) atoms. The third kappa shape index (κ3) is 6.15. The van der Waals surface area contributed by atoms with Crippen LogP contribution in [0.15, 0.2) is 77.7 Å². The van der Waals surface area contributed by atoms with E-state index in [1.807, 2.05) is 32.0 Å². The van der Waals surface area contributed by atoms with Crippen molar-refractivity contribution in [3.8, 4) is 0 Å². The first-order valence-corrected chi connectivity index (χ1v) is 12.9. The van der Waals surface area contributed by atoms with Crippen molar-refractivity contribution in [2.75, 3.05) is 18.4 Å². The lowest BCUT2D eigenvalue weighted by Gasteiger charge is -2.20. The summed E-state index contributed by atoms with van der Waals surface area (Å²) in [5.74, 6) is -1.31. The van der Waals surface area contributed by atoms with Crippen molar-refractivity contribution in [2.24, 2.45) is 0 Å². The summed E-state index contributed by atoms with van der Waals surface area (Å²) in [6.45, 7) is 7.91. The van der Waals surface area contributed by atoms with E-state index in [0.29, 0.717) is 24.3 Å². The van der Waals surface area contributed by atoms with Crippen LogP contribution in [0.1, 0.15) is 47.0 Å². The van der Waals surface area contributed by atoms with E-state index in [4.69, 9.17) is 4.74 Å². The van der Waals surface area contributed by atoms with Gasteiger partial charge in [0.25, 0.3) is 5.91 Å². The van der Waals surface area contributed by atoms with Crippen LogP contribution in [0.4, 0.5) is 5.69 Å². The second-order valence-electron chi connectivity index (χ2n) is 8.12. The SMILES string of the molecule is CCN(CC)S(=O)(=O)c1cccc(C(=O)OC(C(=O)Nc2cc(C)ccc2C)c2ccccc2)c1. The topological polar surface area (TPSA) is 92.8 Å². The van der Waals surface area contributed by atoms with Gasteiger partial charge in [-0.1, -0.05) is 62.4 Å². The van der Waals surface area contributed by atoms with E-state index < -0.39 is 28.0 Å². The van der Waals surface area contributed by atoms with Gasteiger partial charge in [0, 0.05) is 24.3 Å². The molecule has 0 aliphatic rings. The number of anilines is 1. The summed E-state index contributed by atoms with van der Waals surface area (Å²) in [7, 11) is -3.76. The minimum atomic E-state index is -3.76. The smallest absolute Gasteiger partial charge is 0.339 e. The van der Waals surface area contributed by atoms with Crippen molar-refractivity contribution in [3.05, 3.63) is 95.1 Å². The Morgan fingerprint density at radius 2 is 1.60 bits per heavy atom. The summed E-state index contributed by atoms with van der Waals surface area (Å²) >= 11 is 0. The number of amides is 1. The third-order valence-corrected chi connectivity index (χ3v) is 7.68. The van der Waals surface area contributed by atoms with Crippen LogP contribution in [0.5, 0.6) is 0 Å². The number of ether oxygens (including phenoxy) is 1. The van der Waals surface area contributed by atoms with Gasteiger partial charge in [-0.05, 0) is 49.2 Å². The summed E-state index contributed by atoms with van der Waals surface area (Å²) < 4.78 is 32.7. The summed E-state index contributed by atoms with van der Waals surface area (Å²) in [6.07, 6.45) is -1.23. The van der Waals surface area contributed by atoms with Crippen LogP contribution in [-0.4, -0.2) is 37.7 Å². The maximum Gasteiger partial charge on any atom is 0.339 e. The summed E-state index contributed by atoms with van der Waals surface area (Å²) in [4.78, 5) is 26.3. The average molecular weight is 495 g/mol. The molecular formula is C27H30N2O5S. The zero-order valence-electron chi connectivity index (χ0n) is 20.3. The normalized spacial score (nSPS) is 12.3. The molecule has 1 atom stereocenters. The highest BCUT2D eigenvalue weighted by Crippen LogP contribution is 2.25. The third-order valence-electron chi connectivity index (χ3n) is 5.63. The molecule has 3 aromatic carbocycles. The molecule has 0 radical (unpaired) electrons. The quantitative estimate of drug-likeness (QED) is 0.429. The van der Waals surface area contributed by atoms with Crippen LogP contribution in [0.3, 0.4) is 0 Å². The summed E-state index contributed by atoms with van der Waals surface area (Å²) in [5.41, 5.74) is 3.01. The van der Waals surface area contributed by atoms with Crippen molar-refractivity contribution < 1.29 is 22.7 Å². The lowest BCUT2D eigenvalue weighted by molar-refractivity contribution is -0.125. The molecule has 1 unspecified atom stereocenters. The minimum absolute atomic E-state index is 0.00764. The number of rotatable bonds is 9. The second kappa shape index (κ2) is 11.3. The van der Waals surface area contributed by atoms with Gasteiger partial charge in [-0.15, -0.1) is 0 Å². The number of nitrogens with zero attached hydrogens (tertiary/aromatic N) is 1. The van der Waals surface area contributed by atoms with Crippen LogP contribution in [-0.2, 0) is 19.6 Å². The number of hydrogen-bond donors (Lipinski definition) is 1. The predicted molar refractivity (Wildman–Crippen MR) is 136 cm³/mol. The molecule has 0 aliphatic carbocycles. The molecular weight excluding hydrogens is 464 g/mol. The second-order valence-corrected chi connectivity index (χ2v) is 10.1. The van der Waals surface area contributed by atoms with Gasteiger partial charge < -0.3 is 10.1 Å². The first-order chi connectivity index (χ1) is 16.7. The number of hydrogen-bond acceptors (Lipinski definition) is 5. The van der Waals surface area contributed by atoms with Gasteiger partial charge in [-0.3, -0.25) is 4.79 Å². The van der Waals surface area contributed by atoms with E-state index in [1.165, 1.54) is 28.6 Å². The van der Waals surface area contributed by atoms with Crippen LogP contribution in [0.25, 0.3) is 0 Å².